The van der Waals surface area contributed by atoms with Crippen molar-refractivity contribution in [2.75, 3.05) is 14.1 Å². The molecule has 2 heterocycles. The molecular formula is C16H21N3O2S2. The van der Waals surface area contributed by atoms with Crippen LogP contribution in [0.25, 0.3) is 10.8 Å². The van der Waals surface area contributed by atoms with Crippen LogP contribution in [-0.4, -0.2) is 40.3 Å². The largest absolute Gasteiger partial charge is 0.410 e. The third-order valence-corrected chi connectivity index (χ3v) is 6.16. The van der Waals surface area contributed by atoms with E-state index in [2.05, 4.69) is 23.2 Å². The number of amides is 1. The molecule has 0 radical (unpaired) electrons. The zero-order valence-electron chi connectivity index (χ0n) is 13.8. The monoisotopic (exact) mass is 351 g/mol. The lowest BCUT2D eigenvalue weighted by Gasteiger charge is -2.16. The SMILES string of the molecule is C[C@H]1CCc2sc(-c3nnc(S[C@H](C)C(=O)N(C)C)o3)cc2C1. The van der Waals surface area contributed by atoms with Crippen LogP contribution in [0.15, 0.2) is 15.7 Å². The van der Waals surface area contributed by atoms with Crippen molar-refractivity contribution in [2.24, 2.45) is 5.92 Å². The van der Waals surface area contributed by atoms with Gasteiger partial charge in [0.2, 0.25) is 5.91 Å². The molecule has 0 saturated carbocycles. The highest BCUT2D eigenvalue weighted by molar-refractivity contribution is 8.00. The fourth-order valence-electron chi connectivity index (χ4n) is 2.73. The Balaban J connectivity index is 1.74. The summed E-state index contributed by atoms with van der Waals surface area (Å²) in [6, 6.07) is 2.19. The number of carbonyl (C=O) groups excluding carboxylic acids is 1. The van der Waals surface area contributed by atoms with Crippen LogP contribution >= 0.6 is 23.1 Å². The molecule has 0 saturated heterocycles. The number of thiophene rings is 1. The van der Waals surface area contributed by atoms with Crippen molar-refractivity contribution < 1.29 is 9.21 Å². The second-order valence-corrected chi connectivity index (χ2v) is 8.70. The fraction of sp³-hybridized carbons (Fsp3) is 0.562. The molecule has 2 atom stereocenters. The third kappa shape index (κ3) is 3.61. The molecule has 1 aliphatic rings. The maximum atomic E-state index is 11.9. The van der Waals surface area contributed by atoms with E-state index in [1.165, 1.54) is 28.6 Å². The quantitative estimate of drug-likeness (QED) is 0.789. The summed E-state index contributed by atoms with van der Waals surface area (Å²) in [6.45, 7) is 4.15. The number of thioether (sulfide) groups is 1. The van der Waals surface area contributed by atoms with Crippen molar-refractivity contribution in [1.29, 1.82) is 0 Å². The van der Waals surface area contributed by atoms with Gasteiger partial charge in [0.1, 0.15) is 0 Å². The van der Waals surface area contributed by atoms with Gasteiger partial charge in [-0.15, -0.1) is 21.5 Å². The Bertz CT molecular complexity index is 708. The highest BCUT2D eigenvalue weighted by atomic mass is 32.2. The number of hydrogen-bond donors (Lipinski definition) is 0. The van der Waals surface area contributed by atoms with Crippen LogP contribution in [0.2, 0.25) is 0 Å². The zero-order chi connectivity index (χ0) is 16.6. The van der Waals surface area contributed by atoms with Crippen LogP contribution in [-0.2, 0) is 17.6 Å². The Morgan fingerprint density at radius 2 is 2.26 bits per heavy atom. The summed E-state index contributed by atoms with van der Waals surface area (Å²) in [5.41, 5.74) is 1.42. The Labute approximate surface area is 144 Å². The fourth-order valence-corrected chi connectivity index (χ4v) is 4.69. The molecule has 0 spiro atoms. The van der Waals surface area contributed by atoms with Crippen LogP contribution in [0, 0.1) is 5.92 Å². The number of carbonyl (C=O) groups is 1. The first kappa shape index (κ1) is 16.5. The number of fused-ring (bicyclic) bond motifs is 1. The highest BCUT2D eigenvalue weighted by Crippen LogP contribution is 2.37. The van der Waals surface area contributed by atoms with Gasteiger partial charge in [0.05, 0.1) is 10.1 Å². The first-order chi connectivity index (χ1) is 10.9. The molecule has 0 aliphatic heterocycles. The van der Waals surface area contributed by atoms with E-state index in [0.29, 0.717) is 11.1 Å². The zero-order valence-corrected chi connectivity index (χ0v) is 15.5. The summed E-state index contributed by atoms with van der Waals surface area (Å²) in [5, 5.41) is 8.44. The van der Waals surface area contributed by atoms with Gasteiger partial charge in [-0.1, -0.05) is 18.7 Å². The van der Waals surface area contributed by atoms with Crippen molar-refractivity contribution in [3.8, 4) is 10.8 Å². The van der Waals surface area contributed by atoms with E-state index < -0.39 is 0 Å². The van der Waals surface area contributed by atoms with Gasteiger partial charge < -0.3 is 9.32 Å². The summed E-state index contributed by atoms with van der Waals surface area (Å²) in [6.07, 6.45) is 3.53. The molecule has 0 aromatic carbocycles. The number of aromatic nitrogens is 2. The smallest absolute Gasteiger partial charge is 0.277 e. The van der Waals surface area contributed by atoms with E-state index in [0.717, 1.165) is 23.6 Å². The lowest BCUT2D eigenvalue weighted by atomic mass is 9.90. The molecule has 1 amide bonds. The van der Waals surface area contributed by atoms with Gasteiger partial charge in [0, 0.05) is 19.0 Å². The Morgan fingerprint density at radius 3 is 3.00 bits per heavy atom. The summed E-state index contributed by atoms with van der Waals surface area (Å²) in [5.74, 6) is 1.34. The minimum absolute atomic E-state index is 0.0373. The Hall–Kier alpha value is -1.34. The molecule has 0 bridgehead atoms. The molecule has 0 fully saturated rings. The predicted octanol–water partition coefficient (Wildman–Crippen LogP) is 3.49. The third-order valence-electron chi connectivity index (χ3n) is 4.01. The Kier molecular flexibility index (Phi) is 4.77. The molecule has 2 aromatic rings. The molecule has 124 valence electrons. The van der Waals surface area contributed by atoms with Crippen LogP contribution in [0.4, 0.5) is 0 Å². The van der Waals surface area contributed by atoms with Crippen molar-refractivity contribution in [3.05, 3.63) is 16.5 Å². The highest BCUT2D eigenvalue weighted by Gasteiger charge is 2.23. The molecule has 0 unspecified atom stereocenters. The lowest BCUT2D eigenvalue weighted by molar-refractivity contribution is -0.127. The molecule has 0 N–H and O–H groups in total. The second-order valence-electron chi connectivity index (χ2n) is 6.27. The topological polar surface area (TPSA) is 59.2 Å². The molecule has 5 nitrogen and oxygen atoms in total. The number of hydrogen-bond acceptors (Lipinski definition) is 6. The lowest BCUT2D eigenvalue weighted by Crippen LogP contribution is -2.29. The van der Waals surface area contributed by atoms with E-state index >= 15 is 0 Å². The minimum atomic E-state index is -0.240. The molecule has 2 aromatic heterocycles. The predicted molar refractivity (Wildman–Crippen MR) is 92.8 cm³/mol. The van der Waals surface area contributed by atoms with E-state index in [1.807, 2.05) is 6.92 Å². The number of rotatable bonds is 4. The summed E-state index contributed by atoms with van der Waals surface area (Å²) in [4.78, 5) is 16.0. The van der Waals surface area contributed by atoms with Gasteiger partial charge in [0.25, 0.3) is 11.1 Å². The summed E-state index contributed by atoms with van der Waals surface area (Å²) >= 11 is 3.06. The van der Waals surface area contributed by atoms with Crippen molar-refractivity contribution >= 4 is 29.0 Å². The normalized spacial score (nSPS) is 18.5. The van der Waals surface area contributed by atoms with Gasteiger partial charge in [-0.05, 0) is 43.7 Å². The van der Waals surface area contributed by atoms with Gasteiger partial charge in [0.15, 0.2) is 0 Å². The first-order valence-electron chi connectivity index (χ1n) is 7.77. The van der Waals surface area contributed by atoms with Crippen molar-refractivity contribution in [1.82, 2.24) is 15.1 Å². The van der Waals surface area contributed by atoms with Crippen LogP contribution < -0.4 is 0 Å². The van der Waals surface area contributed by atoms with Crippen molar-refractivity contribution in [3.63, 3.8) is 0 Å². The molecule has 7 heteroatoms. The molecule has 23 heavy (non-hydrogen) atoms. The number of aryl methyl sites for hydroxylation is 1. The Morgan fingerprint density at radius 1 is 1.48 bits per heavy atom. The van der Waals surface area contributed by atoms with E-state index in [1.54, 1.807) is 30.3 Å². The second kappa shape index (κ2) is 6.65. The maximum absolute atomic E-state index is 11.9. The minimum Gasteiger partial charge on any atom is -0.410 e. The van der Waals surface area contributed by atoms with Crippen molar-refractivity contribution in [2.45, 2.75) is 43.6 Å². The average molecular weight is 351 g/mol. The van der Waals surface area contributed by atoms with Gasteiger partial charge in [-0.25, -0.2) is 0 Å². The van der Waals surface area contributed by atoms with E-state index in [9.17, 15) is 4.79 Å². The molecule has 3 rings (SSSR count). The average Bonchev–Trinajstić information content (AvgIpc) is 3.12. The van der Waals surface area contributed by atoms with Gasteiger partial charge >= 0.3 is 0 Å². The maximum Gasteiger partial charge on any atom is 0.277 e. The van der Waals surface area contributed by atoms with Gasteiger partial charge in [-0.2, -0.15) is 0 Å². The number of nitrogens with zero attached hydrogens (tertiary/aromatic N) is 3. The van der Waals surface area contributed by atoms with Crippen LogP contribution in [0.3, 0.4) is 0 Å². The van der Waals surface area contributed by atoms with E-state index in [4.69, 9.17) is 4.42 Å². The molecular weight excluding hydrogens is 330 g/mol. The van der Waals surface area contributed by atoms with E-state index in [-0.39, 0.29) is 11.2 Å². The van der Waals surface area contributed by atoms with Crippen LogP contribution in [0.5, 0.6) is 0 Å². The standard InChI is InChI=1S/C16H21N3O2S2/c1-9-5-6-12-11(7-9)8-13(23-12)14-17-18-16(21-14)22-10(2)15(20)19(3)4/h8-10H,5-7H2,1-4H3/t9-,10+/m0/s1. The molecule has 1 aliphatic carbocycles. The van der Waals surface area contributed by atoms with Gasteiger partial charge in [-0.3, -0.25) is 4.79 Å². The summed E-state index contributed by atoms with van der Waals surface area (Å²) < 4.78 is 5.76. The van der Waals surface area contributed by atoms with Crippen LogP contribution in [0.1, 0.15) is 30.7 Å². The summed E-state index contributed by atoms with van der Waals surface area (Å²) in [7, 11) is 3.49. The first-order valence-corrected chi connectivity index (χ1v) is 9.47.